The highest BCUT2D eigenvalue weighted by Crippen LogP contribution is 2.35. The Morgan fingerprint density at radius 3 is 2.42 bits per heavy atom. The van der Waals surface area contributed by atoms with Crippen LogP contribution < -0.4 is 10.5 Å². The van der Waals surface area contributed by atoms with Gasteiger partial charge in [-0.05, 0) is 17.7 Å². The number of nitrogens with two attached hydrogens (primary N) is 1. The van der Waals surface area contributed by atoms with Gasteiger partial charge in [-0.25, -0.2) is 13.8 Å². The van der Waals surface area contributed by atoms with E-state index < -0.39 is 47.3 Å². The Bertz CT molecular complexity index is 492. The second-order valence-corrected chi connectivity index (χ2v) is 3.55. The zero-order valence-corrected chi connectivity index (χ0v) is 9.73. The molecule has 1 rings (SSSR count). The van der Waals surface area contributed by atoms with E-state index in [9.17, 15) is 26.7 Å². The van der Waals surface area contributed by atoms with Crippen molar-refractivity contribution in [3.63, 3.8) is 0 Å². The Morgan fingerprint density at radius 2 is 2.05 bits per heavy atom. The van der Waals surface area contributed by atoms with Crippen molar-refractivity contribution in [2.24, 2.45) is 5.73 Å². The molecule has 0 amide bonds. The fourth-order valence-electron chi connectivity index (χ4n) is 1.24. The Morgan fingerprint density at radius 1 is 1.47 bits per heavy atom. The van der Waals surface area contributed by atoms with Gasteiger partial charge < -0.3 is 10.5 Å². The van der Waals surface area contributed by atoms with Gasteiger partial charge in [-0.15, -0.1) is 13.2 Å². The Labute approximate surface area is 108 Å². The number of aromatic nitrogens is 1. The maximum Gasteiger partial charge on any atom is 0.573 e. The van der Waals surface area contributed by atoms with Crippen molar-refractivity contribution in [1.29, 1.82) is 0 Å². The maximum absolute atomic E-state index is 12.7. The molecule has 0 saturated heterocycles. The normalized spacial score (nSPS) is 11.8. The van der Waals surface area contributed by atoms with Crippen LogP contribution in [0.15, 0.2) is 6.07 Å². The average molecular weight is 305 g/mol. The van der Waals surface area contributed by atoms with Crippen LogP contribution in [-0.2, 0) is 6.54 Å². The molecule has 1 heterocycles. The summed E-state index contributed by atoms with van der Waals surface area (Å²) in [6.07, 6.45) is -8.58. The van der Waals surface area contributed by atoms with Gasteiger partial charge in [0.2, 0.25) is 0 Å². The molecule has 0 aromatic carbocycles. The van der Waals surface area contributed by atoms with Gasteiger partial charge in [0.25, 0.3) is 11.7 Å². The molecule has 2 N–H and O–H groups in total. The number of halogens is 6. The summed E-state index contributed by atoms with van der Waals surface area (Å²) >= 11 is 5.04. The van der Waals surface area contributed by atoms with Crippen molar-refractivity contribution in [2.75, 3.05) is 0 Å². The van der Waals surface area contributed by atoms with E-state index in [1.165, 1.54) is 0 Å². The molecule has 0 aliphatic heterocycles. The molecule has 0 bridgehead atoms. The first-order valence-corrected chi connectivity index (χ1v) is 5.01. The number of hydrogen-bond donors (Lipinski definition) is 1. The average Bonchev–Trinajstić information content (AvgIpc) is 2.26. The molecule has 0 atom stereocenters. The predicted molar refractivity (Wildman–Crippen MR) is 54.0 cm³/mol. The lowest BCUT2D eigenvalue weighted by Gasteiger charge is -2.16. The van der Waals surface area contributed by atoms with Crippen molar-refractivity contribution < 1.29 is 31.5 Å². The lowest BCUT2D eigenvalue weighted by Crippen LogP contribution is -2.21. The molecule has 0 aliphatic rings. The van der Waals surface area contributed by atoms with Crippen LogP contribution in [0.4, 0.5) is 22.0 Å². The molecular weight excluding hydrogens is 299 g/mol. The van der Waals surface area contributed by atoms with Crippen LogP contribution >= 0.6 is 11.6 Å². The highest BCUT2D eigenvalue weighted by molar-refractivity contribution is 6.67. The fraction of sp³-hybridized carbons (Fsp3) is 0.333. The van der Waals surface area contributed by atoms with E-state index in [0.717, 1.165) is 6.07 Å². The second kappa shape index (κ2) is 5.66. The largest absolute Gasteiger partial charge is 0.573 e. The predicted octanol–water partition coefficient (Wildman–Crippen LogP) is 2.76. The van der Waals surface area contributed by atoms with E-state index in [1.807, 2.05) is 0 Å². The topological polar surface area (TPSA) is 65.2 Å². The van der Waals surface area contributed by atoms with Gasteiger partial charge in [-0.2, -0.15) is 0 Å². The van der Waals surface area contributed by atoms with Crippen LogP contribution in [0.1, 0.15) is 28.2 Å². The highest BCUT2D eigenvalue weighted by atomic mass is 35.5. The van der Waals surface area contributed by atoms with Gasteiger partial charge in [0.1, 0.15) is 11.4 Å². The molecule has 0 fully saturated rings. The zero-order chi connectivity index (χ0) is 14.8. The third kappa shape index (κ3) is 4.00. The van der Waals surface area contributed by atoms with Crippen LogP contribution in [0.5, 0.6) is 5.75 Å². The molecule has 1 aromatic heterocycles. The van der Waals surface area contributed by atoms with E-state index >= 15 is 0 Å². The quantitative estimate of drug-likeness (QED) is 0.686. The Kier molecular flexibility index (Phi) is 4.64. The monoisotopic (exact) mass is 304 g/mol. The molecule has 0 spiro atoms. The van der Waals surface area contributed by atoms with E-state index in [2.05, 4.69) is 9.72 Å². The molecule has 0 saturated carbocycles. The molecule has 0 aliphatic carbocycles. The van der Waals surface area contributed by atoms with Gasteiger partial charge >= 0.3 is 6.36 Å². The molecule has 4 nitrogen and oxygen atoms in total. The smallest absolute Gasteiger partial charge is 0.403 e. The van der Waals surface area contributed by atoms with E-state index in [0.29, 0.717) is 0 Å². The molecule has 1 aromatic rings. The summed E-state index contributed by atoms with van der Waals surface area (Å²) in [6, 6.07) is 0.766. The molecule has 10 heteroatoms. The molecule has 0 radical (unpaired) electrons. The number of nitrogens with zero attached hydrogens (tertiary/aromatic N) is 1. The summed E-state index contributed by atoms with van der Waals surface area (Å²) in [5.74, 6) is -1.22. The summed E-state index contributed by atoms with van der Waals surface area (Å²) < 4.78 is 65.2. The summed E-state index contributed by atoms with van der Waals surface area (Å²) in [7, 11) is 0. The van der Waals surface area contributed by atoms with Crippen molar-refractivity contribution in [3.8, 4) is 5.75 Å². The van der Waals surface area contributed by atoms with Gasteiger partial charge in [0, 0.05) is 12.1 Å². The summed E-state index contributed by atoms with van der Waals surface area (Å²) in [5, 5.41) is -1.20. The number of alkyl halides is 5. The van der Waals surface area contributed by atoms with Crippen molar-refractivity contribution >= 4 is 16.8 Å². The minimum atomic E-state index is -5.19. The van der Waals surface area contributed by atoms with Crippen LogP contribution in [-0.4, -0.2) is 16.6 Å². The zero-order valence-electron chi connectivity index (χ0n) is 8.97. The van der Waals surface area contributed by atoms with Crippen molar-refractivity contribution in [3.05, 3.63) is 23.0 Å². The van der Waals surface area contributed by atoms with Crippen LogP contribution in [0.25, 0.3) is 0 Å². The first kappa shape index (κ1) is 15.6. The van der Waals surface area contributed by atoms with E-state index in [1.54, 1.807) is 0 Å². The third-order valence-electron chi connectivity index (χ3n) is 1.92. The molecule has 0 unspecified atom stereocenters. The van der Waals surface area contributed by atoms with Gasteiger partial charge in [0.15, 0.2) is 5.75 Å². The SMILES string of the molecule is NCc1cc(C(=O)Cl)nc(C(F)F)c1OC(F)(F)F. The number of rotatable bonds is 4. The highest BCUT2D eigenvalue weighted by Gasteiger charge is 2.35. The first-order valence-electron chi connectivity index (χ1n) is 4.63. The van der Waals surface area contributed by atoms with Crippen LogP contribution in [0.2, 0.25) is 0 Å². The van der Waals surface area contributed by atoms with Gasteiger partial charge in [-0.1, -0.05) is 0 Å². The molecular formula is C9H6ClF5N2O2. The number of hydrogen-bond acceptors (Lipinski definition) is 4. The lowest BCUT2D eigenvalue weighted by atomic mass is 10.1. The van der Waals surface area contributed by atoms with E-state index in [4.69, 9.17) is 17.3 Å². The van der Waals surface area contributed by atoms with Crippen LogP contribution in [0, 0.1) is 0 Å². The molecule has 19 heavy (non-hydrogen) atoms. The van der Waals surface area contributed by atoms with Crippen molar-refractivity contribution in [2.45, 2.75) is 19.3 Å². The standard InChI is InChI=1S/C9H6ClF5N2O2/c10-7(18)4-1-3(2-16)6(19-9(13,14)15)5(17-4)8(11)12/h1,8H,2,16H2. The maximum atomic E-state index is 12.7. The summed E-state index contributed by atoms with van der Waals surface area (Å²) in [6.45, 7) is -0.565. The first-order chi connectivity index (χ1) is 8.65. The van der Waals surface area contributed by atoms with Crippen molar-refractivity contribution in [1.82, 2.24) is 4.98 Å². The second-order valence-electron chi connectivity index (χ2n) is 3.21. The minimum Gasteiger partial charge on any atom is -0.403 e. The van der Waals surface area contributed by atoms with Crippen LogP contribution in [0.3, 0.4) is 0 Å². The molecule has 106 valence electrons. The number of ether oxygens (including phenoxy) is 1. The number of pyridine rings is 1. The summed E-state index contributed by atoms with van der Waals surface area (Å²) in [4.78, 5) is 13.9. The fourth-order valence-corrected chi connectivity index (χ4v) is 1.34. The van der Waals surface area contributed by atoms with E-state index in [-0.39, 0.29) is 0 Å². The Hall–Kier alpha value is -1.48. The lowest BCUT2D eigenvalue weighted by molar-refractivity contribution is -0.275. The number of carbonyl (C=O) groups is 1. The minimum absolute atomic E-state index is 0.452. The Balaban J connectivity index is 3.45. The third-order valence-corrected chi connectivity index (χ3v) is 2.12. The van der Waals surface area contributed by atoms with Gasteiger partial charge in [-0.3, -0.25) is 4.79 Å². The summed E-state index contributed by atoms with van der Waals surface area (Å²) in [5.41, 5.74) is 2.71. The number of carbonyl (C=O) groups excluding carboxylic acids is 1. The van der Waals surface area contributed by atoms with Gasteiger partial charge in [0.05, 0.1) is 0 Å².